The van der Waals surface area contributed by atoms with Gasteiger partial charge >= 0.3 is 0 Å². The van der Waals surface area contributed by atoms with Gasteiger partial charge in [0.05, 0.1) is 0 Å². The number of rotatable bonds is 0. The zero-order chi connectivity index (χ0) is 0. The molecule has 0 heterocycles. The topological polar surface area (TPSA) is 183 Å². The van der Waals surface area contributed by atoms with Crippen molar-refractivity contribution in [3.63, 3.8) is 0 Å². The van der Waals surface area contributed by atoms with Gasteiger partial charge in [0.25, 0.3) is 0 Å². The second-order valence-corrected chi connectivity index (χ2v) is 0. The van der Waals surface area contributed by atoms with Gasteiger partial charge in [-0.25, -0.2) is 0 Å². The number of hydrogen-bond acceptors (Lipinski definition) is 0. The van der Waals surface area contributed by atoms with Gasteiger partial charge in [0.1, 0.15) is 0 Å². The molecule has 0 fully saturated rings. The molecular formula is N6Zn. The molecule has 0 aromatic carbocycles. The molecule has 7 heteroatoms. The van der Waals surface area contributed by atoms with Gasteiger partial charge in [-0.1, -0.05) is 0 Å². The zero-order valence-electron chi connectivity index (χ0n) is 3.39. The third kappa shape index (κ3) is 834. The van der Waals surface area contributed by atoms with Gasteiger partial charge < -0.3 is 0 Å². The van der Waals surface area contributed by atoms with E-state index in [0.29, 0.717) is 0 Å². The minimum absolute atomic E-state index is 0. The second-order valence-electron chi connectivity index (χ2n) is 0. The molecule has 6 nitrogen and oxygen atoms in total. The van der Waals surface area contributed by atoms with E-state index >= 15 is 0 Å². The summed E-state index contributed by atoms with van der Waals surface area (Å²) in [6, 6.07) is 0. The van der Waals surface area contributed by atoms with Crippen LogP contribution in [0, 0.1) is 0 Å². The van der Waals surface area contributed by atoms with Crippen LogP contribution in [0.15, 0.2) is 0 Å². The van der Waals surface area contributed by atoms with Crippen LogP contribution in [0.4, 0.5) is 0 Å². The Balaban J connectivity index is 0. The third-order valence-electron chi connectivity index (χ3n) is 0. The molecule has 0 saturated carbocycles. The average Bonchev–Trinajstić information content (AvgIpc) is 0. The molecule has 0 aromatic heterocycles. The molecule has 0 aliphatic rings. The summed E-state index contributed by atoms with van der Waals surface area (Å²) in [6.07, 6.45) is 0. The molecule has 0 N–H and O–H groups in total. The van der Waals surface area contributed by atoms with E-state index in [4.69, 9.17) is 0 Å². The van der Waals surface area contributed by atoms with Crippen molar-refractivity contribution >= 4 is 0 Å². The Hall–Kier alpha value is 0.383. The fourth-order valence-corrected chi connectivity index (χ4v) is 0. The van der Waals surface area contributed by atoms with Gasteiger partial charge in [0.2, 0.25) is 0 Å². The molecule has 7 heavy (non-hydrogen) atoms. The third-order valence-corrected chi connectivity index (χ3v) is 0. The van der Waals surface area contributed by atoms with Crippen LogP contribution >= 0.6 is 0 Å². The standard InChI is InChI=1S/6N.Zn. The van der Waals surface area contributed by atoms with Gasteiger partial charge in [-0.3, -0.25) is 0 Å². The van der Waals surface area contributed by atoms with Gasteiger partial charge in [0, 0.05) is 56.4 Å². The van der Waals surface area contributed by atoms with E-state index in [9.17, 15) is 0 Å². The summed E-state index contributed by atoms with van der Waals surface area (Å²) in [5.41, 5.74) is 0. The summed E-state index contributed by atoms with van der Waals surface area (Å²) in [5.74, 6) is 0. The van der Waals surface area contributed by atoms with Crippen molar-refractivity contribution in [1.82, 2.24) is 36.9 Å². The van der Waals surface area contributed by atoms with E-state index in [1.807, 2.05) is 0 Å². The first-order chi connectivity index (χ1) is 0. The summed E-state index contributed by atoms with van der Waals surface area (Å²) in [5, 5.41) is 0. The van der Waals surface area contributed by atoms with Crippen LogP contribution in [-0.2, 0) is 19.5 Å². The zero-order valence-corrected chi connectivity index (χ0v) is 6.36. The SMILES string of the molecule is [N].[N].[N].[N].[N].[N].[Zn]. The van der Waals surface area contributed by atoms with Gasteiger partial charge in [-0.15, -0.1) is 0 Å². The normalized spacial score (nSPS) is 0. The molecular weight excluding hydrogens is 149 g/mol. The molecule has 0 aliphatic carbocycles. The van der Waals surface area contributed by atoms with Crippen LogP contribution in [0.25, 0.3) is 0 Å². The van der Waals surface area contributed by atoms with Crippen LogP contribution in [-0.4, -0.2) is 0 Å². The minimum atomic E-state index is 0. The smallest absolute Gasteiger partial charge is 0 e. The molecule has 32 valence electrons. The van der Waals surface area contributed by atoms with E-state index < -0.39 is 0 Å². The summed E-state index contributed by atoms with van der Waals surface area (Å²) in [4.78, 5) is 0. The molecule has 0 bridgehead atoms. The van der Waals surface area contributed by atoms with Gasteiger partial charge in [-0.2, -0.15) is 0 Å². The maximum absolute atomic E-state index is 0. The fourth-order valence-electron chi connectivity index (χ4n) is 0. The molecule has 0 aromatic rings. The minimum Gasteiger partial charge on any atom is 0 e. The molecule has 18 radical (unpaired) electrons. The van der Waals surface area contributed by atoms with E-state index in [2.05, 4.69) is 0 Å². The van der Waals surface area contributed by atoms with Crippen molar-refractivity contribution in [2.24, 2.45) is 0 Å². The molecule has 0 unspecified atom stereocenters. The Morgan fingerprint density at radius 3 is 0.286 bits per heavy atom. The first-order valence-electron chi connectivity index (χ1n) is 0. The Morgan fingerprint density at radius 1 is 0.286 bits per heavy atom. The summed E-state index contributed by atoms with van der Waals surface area (Å²) in [7, 11) is 0. The summed E-state index contributed by atoms with van der Waals surface area (Å²) in [6.45, 7) is 0. The summed E-state index contributed by atoms with van der Waals surface area (Å²) >= 11 is 0. The van der Waals surface area contributed by atoms with Crippen LogP contribution in [0.3, 0.4) is 0 Å². The monoisotopic (exact) mass is 148 g/mol. The predicted molar refractivity (Wildman–Crippen MR) is 12.8 cm³/mol. The molecule has 0 amide bonds. The number of hydrogen-bond donors (Lipinski definition) is 0. The molecule has 0 rings (SSSR count). The van der Waals surface area contributed by atoms with Gasteiger partial charge in [0.15, 0.2) is 0 Å². The maximum Gasteiger partial charge on any atom is 0 e. The number of nitrogens with zero attached hydrogens (tertiary/aromatic N) is 6. The molecule has 0 saturated heterocycles. The molecule has 0 spiro atoms. The van der Waals surface area contributed by atoms with Crippen molar-refractivity contribution in [1.29, 1.82) is 0 Å². The Morgan fingerprint density at radius 2 is 0.286 bits per heavy atom. The second kappa shape index (κ2) is 1260. The van der Waals surface area contributed by atoms with Crippen LogP contribution in [0.5, 0.6) is 0 Å². The van der Waals surface area contributed by atoms with Gasteiger partial charge in [-0.05, 0) is 0 Å². The molecule has 0 aliphatic heterocycles. The largest absolute Gasteiger partial charge is 0 e. The van der Waals surface area contributed by atoms with E-state index in [1.54, 1.807) is 0 Å². The van der Waals surface area contributed by atoms with Crippen molar-refractivity contribution < 1.29 is 19.5 Å². The fraction of sp³-hybridized carbons (Fsp3) is 0. The van der Waals surface area contributed by atoms with Crippen molar-refractivity contribution in [3.05, 3.63) is 0 Å². The summed E-state index contributed by atoms with van der Waals surface area (Å²) < 4.78 is 0. The van der Waals surface area contributed by atoms with Crippen molar-refractivity contribution in [3.8, 4) is 0 Å². The van der Waals surface area contributed by atoms with Crippen molar-refractivity contribution in [2.45, 2.75) is 0 Å². The Labute approximate surface area is 57.1 Å². The van der Waals surface area contributed by atoms with E-state index in [0.717, 1.165) is 0 Å². The predicted octanol–water partition coefficient (Wildman–Crippen LogP) is -2.89. The average molecular weight is 149 g/mol. The quantitative estimate of drug-likeness (QED) is 0.321. The van der Waals surface area contributed by atoms with E-state index in [1.165, 1.54) is 0 Å². The van der Waals surface area contributed by atoms with E-state index in [-0.39, 0.29) is 56.4 Å². The van der Waals surface area contributed by atoms with Crippen LogP contribution in [0.2, 0.25) is 0 Å². The maximum atomic E-state index is 0. The van der Waals surface area contributed by atoms with Crippen molar-refractivity contribution in [2.75, 3.05) is 0 Å². The molecule has 0 atom stereocenters. The Bertz CT molecular complexity index is 4.14. The first kappa shape index (κ1) is 2050. The first-order valence-corrected chi connectivity index (χ1v) is 0. The van der Waals surface area contributed by atoms with Crippen LogP contribution in [0.1, 0.15) is 0 Å². The Kier molecular flexibility index (Phi) is 368000. The van der Waals surface area contributed by atoms with Crippen LogP contribution < -0.4 is 36.9 Å².